The first-order valence-corrected chi connectivity index (χ1v) is 11.6. The van der Waals surface area contributed by atoms with Gasteiger partial charge >= 0.3 is 6.18 Å². The summed E-state index contributed by atoms with van der Waals surface area (Å²) in [6.45, 7) is 0.945. The number of carbonyl (C=O) groups is 2. The van der Waals surface area contributed by atoms with Gasteiger partial charge < -0.3 is 20.7 Å². The second-order valence-electron chi connectivity index (χ2n) is 8.67. The summed E-state index contributed by atoms with van der Waals surface area (Å²) in [5.41, 5.74) is 6.49. The van der Waals surface area contributed by atoms with Gasteiger partial charge in [-0.05, 0) is 41.8 Å². The quantitative estimate of drug-likeness (QED) is 0.430. The Balaban J connectivity index is 1.41. The maximum absolute atomic E-state index is 13.1. The van der Waals surface area contributed by atoms with Crippen molar-refractivity contribution in [2.45, 2.75) is 57.5 Å². The molecule has 1 aliphatic carbocycles. The minimum absolute atomic E-state index is 0.000310. The lowest BCUT2D eigenvalue weighted by Crippen LogP contribution is -2.37. The Morgan fingerprint density at radius 2 is 2.06 bits per heavy atom. The van der Waals surface area contributed by atoms with Crippen LogP contribution in [0.25, 0.3) is 0 Å². The number of ketones is 1. The van der Waals surface area contributed by atoms with Crippen LogP contribution in [0.15, 0.2) is 18.2 Å². The van der Waals surface area contributed by atoms with Crippen LogP contribution in [0, 0.1) is 0 Å². The number of nitrogens with two attached hydrogens (primary N) is 1. The first-order valence-electron chi connectivity index (χ1n) is 11.3. The van der Waals surface area contributed by atoms with Crippen LogP contribution in [0.2, 0.25) is 5.28 Å². The van der Waals surface area contributed by atoms with Gasteiger partial charge in [0, 0.05) is 43.6 Å². The first-order chi connectivity index (χ1) is 16.6. The van der Waals surface area contributed by atoms with E-state index in [0.717, 1.165) is 12.1 Å². The number of fused-ring (bicyclic) bond motifs is 1. The maximum atomic E-state index is 13.1. The molecule has 1 amide bonds. The molecule has 0 bridgehead atoms. The summed E-state index contributed by atoms with van der Waals surface area (Å²) in [7, 11) is 0. The number of aromatic nitrogens is 2. The number of ether oxygens (including phenoxy) is 1. The van der Waals surface area contributed by atoms with E-state index in [1.165, 1.54) is 6.07 Å². The molecule has 3 N–H and O–H groups in total. The van der Waals surface area contributed by atoms with Gasteiger partial charge in [-0.15, -0.1) is 0 Å². The summed E-state index contributed by atoms with van der Waals surface area (Å²) in [5, 5.41) is 3.04. The number of halogens is 4. The molecule has 12 heteroatoms. The molecule has 2 aromatic rings. The van der Waals surface area contributed by atoms with Gasteiger partial charge in [0.25, 0.3) is 0 Å². The molecule has 1 aromatic carbocycles. The van der Waals surface area contributed by atoms with Crippen LogP contribution < -0.4 is 11.1 Å². The number of Topliss-reactive ketones (excluding diaryl/α,β-unsaturated/α-hetero) is 1. The molecule has 1 fully saturated rings. The van der Waals surface area contributed by atoms with Crippen molar-refractivity contribution in [2.75, 3.05) is 24.2 Å². The fourth-order valence-electron chi connectivity index (χ4n) is 4.31. The predicted molar refractivity (Wildman–Crippen MR) is 123 cm³/mol. The zero-order valence-corrected chi connectivity index (χ0v) is 19.6. The fraction of sp³-hybridized carbons (Fsp3) is 0.478. The molecule has 188 valence electrons. The maximum Gasteiger partial charge on any atom is 0.416 e. The third-order valence-electron chi connectivity index (χ3n) is 6.06. The number of amides is 1. The van der Waals surface area contributed by atoms with Crippen molar-refractivity contribution in [2.24, 2.45) is 0 Å². The monoisotopic (exact) mass is 511 g/mol. The summed E-state index contributed by atoms with van der Waals surface area (Å²) in [6.07, 6.45) is -2.38. The van der Waals surface area contributed by atoms with Crippen LogP contribution in [0.4, 0.5) is 24.7 Å². The summed E-state index contributed by atoms with van der Waals surface area (Å²) in [6, 6.07) is 3.35. The van der Waals surface area contributed by atoms with Gasteiger partial charge in [-0.3, -0.25) is 9.59 Å². The molecule has 1 aliphatic heterocycles. The molecule has 0 saturated heterocycles. The van der Waals surface area contributed by atoms with E-state index in [1.54, 1.807) is 4.90 Å². The van der Waals surface area contributed by atoms with Crippen LogP contribution in [-0.2, 0) is 40.0 Å². The molecule has 0 spiro atoms. The largest absolute Gasteiger partial charge is 0.416 e. The smallest absolute Gasteiger partial charge is 0.399 e. The van der Waals surface area contributed by atoms with Crippen molar-refractivity contribution in [3.63, 3.8) is 0 Å². The Labute approximate surface area is 205 Å². The minimum Gasteiger partial charge on any atom is -0.399 e. The van der Waals surface area contributed by atoms with Crippen molar-refractivity contribution in [1.29, 1.82) is 0 Å². The summed E-state index contributed by atoms with van der Waals surface area (Å²) >= 11 is 6.06. The highest BCUT2D eigenvalue weighted by Gasteiger charge is 2.31. The van der Waals surface area contributed by atoms with Crippen LogP contribution in [0.5, 0.6) is 0 Å². The van der Waals surface area contributed by atoms with E-state index in [2.05, 4.69) is 15.3 Å². The average molecular weight is 512 g/mol. The molecule has 2 heterocycles. The Morgan fingerprint density at radius 3 is 2.77 bits per heavy atom. The van der Waals surface area contributed by atoms with E-state index in [9.17, 15) is 22.8 Å². The number of rotatable bonds is 7. The van der Waals surface area contributed by atoms with Crippen molar-refractivity contribution < 1.29 is 27.5 Å². The Bertz CT molecular complexity index is 1130. The van der Waals surface area contributed by atoms with Crippen LogP contribution in [-0.4, -0.2) is 45.8 Å². The topological polar surface area (TPSA) is 110 Å². The highest BCUT2D eigenvalue weighted by molar-refractivity contribution is 6.28. The number of hydrogen-bond donors (Lipinski definition) is 2. The molecule has 1 atom stereocenters. The number of nitrogens with one attached hydrogen (secondary N) is 1. The highest BCUT2D eigenvalue weighted by Crippen LogP contribution is 2.32. The molecule has 2 aliphatic rings. The Kier molecular flexibility index (Phi) is 7.46. The van der Waals surface area contributed by atoms with Crippen LogP contribution in [0.3, 0.4) is 0 Å². The van der Waals surface area contributed by atoms with Gasteiger partial charge in [0.2, 0.25) is 11.2 Å². The number of benzene rings is 1. The third-order valence-corrected chi connectivity index (χ3v) is 6.23. The molecule has 1 saturated carbocycles. The number of carbonyl (C=O) groups excluding carboxylic acids is 2. The fourth-order valence-corrected chi connectivity index (χ4v) is 4.49. The number of hydrogen-bond acceptors (Lipinski definition) is 7. The minimum atomic E-state index is -4.51. The summed E-state index contributed by atoms with van der Waals surface area (Å²) < 4.78 is 45.0. The highest BCUT2D eigenvalue weighted by atomic mass is 35.5. The summed E-state index contributed by atoms with van der Waals surface area (Å²) in [4.78, 5) is 34.2. The molecule has 4 rings (SSSR count). The van der Waals surface area contributed by atoms with Gasteiger partial charge in [-0.25, -0.2) is 9.97 Å². The van der Waals surface area contributed by atoms with Crippen LogP contribution in [0.1, 0.15) is 48.1 Å². The van der Waals surface area contributed by atoms with Crippen LogP contribution >= 0.6 is 11.6 Å². The van der Waals surface area contributed by atoms with E-state index in [0.29, 0.717) is 54.9 Å². The summed E-state index contributed by atoms with van der Waals surface area (Å²) in [5.74, 6) is 0.432. The number of alkyl halides is 3. The normalized spacial score (nSPS) is 18.0. The molecule has 8 nitrogen and oxygen atoms in total. The Morgan fingerprint density at radius 1 is 1.26 bits per heavy atom. The average Bonchev–Trinajstić information content (AvgIpc) is 3.21. The molecular weight excluding hydrogens is 487 g/mol. The van der Waals surface area contributed by atoms with Gasteiger partial charge in [-0.1, -0.05) is 0 Å². The van der Waals surface area contributed by atoms with E-state index in [4.69, 9.17) is 22.1 Å². The lowest BCUT2D eigenvalue weighted by molar-refractivity contribution is -0.137. The zero-order valence-electron chi connectivity index (χ0n) is 18.8. The molecular formula is C23H25ClF3N5O3. The molecule has 1 aromatic heterocycles. The second-order valence-corrected chi connectivity index (χ2v) is 9.01. The predicted octanol–water partition coefficient (Wildman–Crippen LogP) is 3.76. The molecule has 0 radical (unpaired) electrons. The lowest BCUT2D eigenvalue weighted by Gasteiger charge is -2.29. The third kappa shape index (κ3) is 6.40. The van der Waals surface area contributed by atoms with Gasteiger partial charge in [-0.2, -0.15) is 13.2 Å². The standard InChI is InChI=1S/C23H25ClF3N5O3/c24-22-30-19-3-5-32(20(34)4-6-35-17-2-1-16(33)10-17)12-18(19)21(31-22)29-11-13-7-14(23(25,26)27)9-15(28)8-13/h7-9,17H,1-6,10-12,28H2,(H,29,30,31). The first kappa shape index (κ1) is 25.2. The number of nitrogen functional groups attached to an aromatic ring is 1. The van der Waals surface area contributed by atoms with Crippen molar-refractivity contribution in [3.8, 4) is 0 Å². The van der Waals surface area contributed by atoms with Gasteiger partial charge in [0.05, 0.1) is 36.9 Å². The SMILES string of the molecule is Nc1cc(CNc2nc(Cl)nc3c2CN(C(=O)CCOC2CCC(=O)C2)CC3)cc(C(F)(F)F)c1. The van der Waals surface area contributed by atoms with Gasteiger partial charge in [0.15, 0.2) is 0 Å². The van der Waals surface area contributed by atoms with E-state index >= 15 is 0 Å². The second kappa shape index (κ2) is 10.4. The van der Waals surface area contributed by atoms with Gasteiger partial charge in [0.1, 0.15) is 11.6 Å². The zero-order chi connectivity index (χ0) is 25.2. The van der Waals surface area contributed by atoms with Crippen molar-refractivity contribution in [3.05, 3.63) is 45.9 Å². The molecule has 35 heavy (non-hydrogen) atoms. The van der Waals surface area contributed by atoms with E-state index in [1.807, 2.05) is 0 Å². The van der Waals surface area contributed by atoms with E-state index in [-0.39, 0.29) is 54.9 Å². The van der Waals surface area contributed by atoms with Crippen molar-refractivity contribution >= 4 is 34.8 Å². The lowest BCUT2D eigenvalue weighted by atomic mass is 10.1. The van der Waals surface area contributed by atoms with Crippen molar-refractivity contribution in [1.82, 2.24) is 14.9 Å². The molecule has 1 unspecified atom stereocenters. The number of anilines is 2. The van der Waals surface area contributed by atoms with E-state index < -0.39 is 11.7 Å². The Hall–Kier alpha value is -2.92. The number of nitrogens with zero attached hydrogens (tertiary/aromatic N) is 3.